The van der Waals surface area contributed by atoms with Crippen LogP contribution in [0.2, 0.25) is 0 Å². The van der Waals surface area contributed by atoms with Gasteiger partial charge in [-0.15, -0.1) is 0 Å². The lowest BCUT2D eigenvalue weighted by molar-refractivity contribution is 0.319. The van der Waals surface area contributed by atoms with Crippen molar-refractivity contribution in [1.29, 1.82) is 0 Å². The molecule has 0 amide bonds. The molecule has 2 aromatic carbocycles. The highest BCUT2D eigenvalue weighted by Gasteiger charge is 2.23. The number of ether oxygens (including phenoxy) is 1. The molecule has 1 unspecified atom stereocenters. The molecule has 3 rings (SSSR count). The zero-order chi connectivity index (χ0) is 13.9. The summed E-state index contributed by atoms with van der Waals surface area (Å²) in [5.74, 6) is 0.729. The van der Waals surface area contributed by atoms with Gasteiger partial charge in [-0.3, -0.25) is 0 Å². The molecule has 2 aromatic rings. The molecule has 0 N–H and O–H groups in total. The Labute approximate surface area is 119 Å². The summed E-state index contributed by atoms with van der Waals surface area (Å²) in [6.07, 6.45) is 0. The van der Waals surface area contributed by atoms with Gasteiger partial charge in [0, 0.05) is 5.56 Å². The Morgan fingerprint density at radius 2 is 1.80 bits per heavy atom. The predicted octanol–water partition coefficient (Wildman–Crippen LogP) is 4.24. The van der Waals surface area contributed by atoms with E-state index in [0.29, 0.717) is 6.61 Å². The van der Waals surface area contributed by atoms with E-state index in [-0.39, 0.29) is 6.04 Å². The van der Waals surface area contributed by atoms with Crippen LogP contribution in [0.5, 0.6) is 0 Å². The lowest BCUT2D eigenvalue weighted by atomic mass is 9.97. The zero-order valence-electron chi connectivity index (χ0n) is 11.5. The van der Waals surface area contributed by atoms with Crippen LogP contribution in [-0.2, 0) is 4.74 Å². The second-order valence-corrected chi connectivity index (χ2v) is 4.99. The van der Waals surface area contributed by atoms with Gasteiger partial charge in [0.05, 0.1) is 0 Å². The van der Waals surface area contributed by atoms with E-state index in [9.17, 15) is 0 Å². The highest BCUT2D eigenvalue weighted by molar-refractivity contribution is 5.95. The van der Waals surface area contributed by atoms with Crippen LogP contribution in [0.3, 0.4) is 0 Å². The van der Waals surface area contributed by atoms with Crippen molar-refractivity contribution in [1.82, 2.24) is 0 Å². The monoisotopic (exact) mass is 263 g/mol. The fourth-order valence-corrected chi connectivity index (χ4v) is 2.45. The molecule has 0 spiro atoms. The fourth-order valence-electron chi connectivity index (χ4n) is 2.45. The van der Waals surface area contributed by atoms with Gasteiger partial charge in [0.15, 0.2) is 0 Å². The molecule has 2 nitrogen and oxygen atoms in total. The van der Waals surface area contributed by atoms with Crippen LogP contribution in [-0.4, -0.2) is 12.5 Å². The van der Waals surface area contributed by atoms with Gasteiger partial charge in [-0.05, 0) is 30.2 Å². The lowest BCUT2D eigenvalue weighted by Crippen LogP contribution is -2.02. The number of rotatable bonds is 3. The fraction of sp³-hybridized carbons (Fsp3) is 0.167. The molecule has 2 heteroatoms. The Kier molecular flexibility index (Phi) is 3.38. The van der Waals surface area contributed by atoms with Crippen molar-refractivity contribution in [2.24, 2.45) is 4.99 Å². The van der Waals surface area contributed by atoms with E-state index >= 15 is 0 Å². The van der Waals surface area contributed by atoms with Crippen molar-refractivity contribution < 1.29 is 4.74 Å². The summed E-state index contributed by atoms with van der Waals surface area (Å²) in [5, 5.41) is 0. The first-order chi connectivity index (χ1) is 9.75. The van der Waals surface area contributed by atoms with Crippen LogP contribution in [0.15, 0.2) is 66.2 Å². The van der Waals surface area contributed by atoms with E-state index in [4.69, 9.17) is 9.73 Å². The second-order valence-electron chi connectivity index (χ2n) is 4.99. The summed E-state index contributed by atoms with van der Waals surface area (Å²) in [6.45, 7) is 6.66. The normalized spacial score (nSPS) is 17.4. The number of nitrogens with zero attached hydrogens (tertiary/aromatic N) is 1. The van der Waals surface area contributed by atoms with E-state index in [0.717, 1.165) is 17.0 Å². The molecule has 0 saturated carbocycles. The smallest absolute Gasteiger partial charge is 0.216 e. The first-order valence-electron chi connectivity index (χ1n) is 6.76. The standard InChI is InChI=1S/C18H17NO/c1-13(2)15-10-6-7-11-16(15)17-12-20-18(19-17)14-8-4-3-5-9-14/h3-11,17H,1,12H2,2H3. The van der Waals surface area contributed by atoms with Crippen LogP contribution in [0.25, 0.3) is 5.57 Å². The third kappa shape index (κ3) is 2.37. The molecule has 1 aliphatic rings. The SMILES string of the molecule is C=C(C)c1ccccc1C1COC(c2ccccc2)=N1. The topological polar surface area (TPSA) is 21.6 Å². The third-order valence-corrected chi connectivity index (χ3v) is 3.45. The van der Waals surface area contributed by atoms with Gasteiger partial charge in [-0.25, -0.2) is 4.99 Å². The van der Waals surface area contributed by atoms with Gasteiger partial charge in [0.1, 0.15) is 12.6 Å². The molecular weight excluding hydrogens is 246 g/mol. The highest BCUT2D eigenvalue weighted by Crippen LogP contribution is 2.30. The van der Waals surface area contributed by atoms with Gasteiger partial charge >= 0.3 is 0 Å². The highest BCUT2D eigenvalue weighted by atomic mass is 16.5. The maximum atomic E-state index is 5.76. The summed E-state index contributed by atoms with van der Waals surface area (Å²) >= 11 is 0. The summed E-state index contributed by atoms with van der Waals surface area (Å²) < 4.78 is 5.76. The van der Waals surface area contributed by atoms with E-state index < -0.39 is 0 Å². The van der Waals surface area contributed by atoms with Gasteiger partial charge in [0.25, 0.3) is 0 Å². The summed E-state index contributed by atoms with van der Waals surface area (Å²) in [6, 6.07) is 18.3. The van der Waals surface area contributed by atoms with Gasteiger partial charge in [-0.1, -0.05) is 54.6 Å². The van der Waals surface area contributed by atoms with Crippen molar-refractivity contribution in [3.63, 3.8) is 0 Å². The van der Waals surface area contributed by atoms with Crippen LogP contribution < -0.4 is 0 Å². The molecule has 0 aromatic heterocycles. The summed E-state index contributed by atoms with van der Waals surface area (Å²) in [7, 11) is 0. The lowest BCUT2D eigenvalue weighted by Gasteiger charge is -2.11. The van der Waals surface area contributed by atoms with Gasteiger partial charge in [0.2, 0.25) is 5.90 Å². The van der Waals surface area contributed by atoms with E-state index in [1.54, 1.807) is 0 Å². The Balaban J connectivity index is 1.94. The molecule has 0 saturated heterocycles. The molecule has 1 aliphatic heterocycles. The molecular formula is C18H17NO. The number of allylic oxidation sites excluding steroid dienone is 1. The minimum absolute atomic E-state index is 0.0538. The van der Waals surface area contributed by atoms with Crippen LogP contribution in [0.1, 0.15) is 29.7 Å². The molecule has 0 radical (unpaired) electrons. The Morgan fingerprint density at radius 1 is 1.10 bits per heavy atom. The average molecular weight is 263 g/mol. The van der Waals surface area contributed by atoms with Crippen LogP contribution in [0.4, 0.5) is 0 Å². The minimum Gasteiger partial charge on any atom is -0.475 e. The van der Waals surface area contributed by atoms with Crippen molar-refractivity contribution >= 4 is 11.5 Å². The van der Waals surface area contributed by atoms with Crippen molar-refractivity contribution in [3.8, 4) is 0 Å². The summed E-state index contributed by atoms with van der Waals surface area (Å²) in [5.41, 5.74) is 4.44. The van der Waals surface area contributed by atoms with E-state index in [2.05, 4.69) is 18.7 Å². The first-order valence-corrected chi connectivity index (χ1v) is 6.76. The van der Waals surface area contributed by atoms with Gasteiger partial charge < -0.3 is 4.74 Å². The van der Waals surface area contributed by atoms with Crippen molar-refractivity contribution in [3.05, 3.63) is 77.9 Å². The molecule has 0 fully saturated rings. The molecule has 1 heterocycles. The molecule has 0 aliphatic carbocycles. The van der Waals surface area contributed by atoms with Crippen LogP contribution >= 0.6 is 0 Å². The molecule has 20 heavy (non-hydrogen) atoms. The predicted molar refractivity (Wildman–Crippen MR) is 82.8 cm³/mol. The van der Waals surface area contributed by atoms with Crippen LogP contribution in [0, 0.1) is 0 Å². The summed E-state index contributed by atoms with van der Waals surface area (Å²) in [4.78, 5) is 4.72. The van der Waals surface area contributed by atoms with E-state index in [1.807, 2.05) is 49.4 Å². The maximum absolute atomic E-state index is 5.76. The molecule has 100 valence electrons. The Hall–Kier alpha value is -2.35. The zero-order valence-corrected chi connectivity index (χ0v) is 11.5. The molecule has 1 atom stereocenters. The number of hydrogen-bond acceptors (Lipinski definition) is 2. The molecule has 0 bridgehead atoms. The number of hydrogen-bond donors (Lipinski definition) is 0. The minimum atomic E-state index is 0.0538. The largest absolute Gasteiger partial charge is 0.475 e. The second kappa shape index (κ2) is 5.33. The third-order valence-electron chi connectivity index (χ3n) is 3.45. The first kappa shape index (κ1) is 12.7. The van der Waals surface area contributed by atoms with E-state index in [1.165, 1.54) is 11.1 Å². The number of aliphatic imine (C=N–C) groups is 1. The number of benzene rings is 2. The van der Waals surface area contributed by atoms with Crippen molar-refractivity contribution in [2.45, 2.75) is 13.0 Å². The van der Waals surface area contributed by atoms with Gasteiger partial charge in [-0.2, -0.15) is 0 Å². The quantitative estimate of drug-likeness (QED) is 0.811. The Morgan fingerprint density at radius 3 is 2.55 bits per heavy atom. The maximum Gasteiger partial charge on any atom is 0.216 e. The average Bonchev–Trinajstić information content (AvgIpc) is 2.98. The van der Waals surface area contributed by atoms with Crippen molar-refractivity contribution in [2.75, 3.05) is 6.61 Å². The Bertz CT molecular complexity index is 658.